The Bertz CT molecular complexity index is 270. The van der Waals surface area contributed by atoms with Crippen LogP contribution >= 0.6 is 0 Å². The SMILES string of the molecule is O=S(=O)([O-])CCCS(=O)(=O)[O-].[Na+]. The number of hydrogen-bond acceptors (Lipinski definition) is 6. The van der Waals surface area contributed by atoms with Gasteiger partial charge in [-0.3, -0.25) is 0 Å². The summed E-state index contributed by atoms with van der Waals surface area (Å²) in [7, 11) is -8.80. The van der Waals surface area contributed by atoms with Crippen LogP contribution in [0.3, 0.4) is 0 Å². The summed E-state index contributed by atoms with van der Waals surface area (Å²) in [6, 6.07) is 0. The van der Waals surface area contributed by atoms with Gasteiger partial charge in [-0.25, -0.2) is 16.8 Å². The first-order valence-electron chi connectivity index (χ1n) is 2.58. The van der Waals surface area contributed by atoms with Gasteiger partial charge in [-0.1, -0.05) is 0 Å². The second-order valence-corrected chi connectivity index (χ2v) is 4.92. The van der Waals surface area contributed by atoms with E-state index in [-0.39, 0.29) is 29.6 Å². The van der Waals surface area contributed by atoms with Gasteiger partial charge in [0.1, 0.15) is 0 Å². The summed E-state index contributed by atoms with van der Waals surface area (Å²) in [5.74, 6) is -1.62. The van der Waals surface area contributed by atoms with Crippen LogP contribution in [-0.4, -0.2) is 37.4 Å². The molecule has 0 aromatic heterocycles. The van der Waals surface area contributed by atoms with E-state index >= 15 is 0 Å². The molecule has 0 saturated heterocycles. The minimum Gasteiger partial charge on any atom is -0.748 e. The quantitative estimate of drug-likeness (QED) is 0.351. The van der Waals surface area contributed by atoms with Crippen molar-refractivity contribution in [3.8, 4) is 0 Å². The smallest absolute Gasteiger partial charge is 0.748 e. The van der Waals surface area contributed by atoms with E-state index in [9.17, 15) is 25.9 Å². The standard InChI is InChI=1S/C3H8O6S2.Na/c4-10(5,6)2-1-3-11(7,8)9;/h1-3H2,(H,4,5,6)(H,7,8,9);/q;+1/p-2. The molecule has 0 aliphatic carbocycles. The Balaban J connectivity index is 0. The van der Waals surface area contributed by atoms with Crippen LogP contribution in [0.15, 0.2) is 0 Å². The molecule has 0 saturated carbocycles. The van der Waals surface area contributed by atoms with Gasteiger partial charge in [-0.15, -0.1) is 0 Å². The molecule has 68 valence electrons. The molecule has 0 heterocycles. The van der Waals surface area contributed by atoms with Crippen LogP contribution in [0.2, 0.25) is 0 Å². The summed E-state index contributed by atoms with van der Waals surface area (Å²) in [6.07, 6.45) is -0.433. The molecule has 0 N–H and O–H groups in total. The van der Waals surface area contributed by atoms with Crippen LogP contribution in [0.25, 0.3) is 0 Å². The molecular weight excluding hydrogens is 219 g/mol. The molecule has 0 aromatic rings. The Labute approximate surface area is 93.1 Å². The Morgan fingerprint density at radius 2 is 1.08 bits per heavy atom. The van der Waals surface area contributed by atoms with Crippen LogP contribution in [0.4, 0.5) is 0 Å². The zero-order valence-corrected chi connectivity index (χ0v) is 10.0. The van der Waals surface area contributed by atoms with Crippen molar-refractivity contribution < 1.29 is 55.5 Å². The molecule has 0 amide bonds. The van der Waals surface area contributed by atoms with Crippen molar-refractivity contribution in [2.45, 2.75) is 6.42 Å². The van der Waals surface area contributed by atoms with E-state index in [1.165, 1.54) is 0 Å². The van der Waals surface area contributed by atoms with Gasteiger partial charge in [0.2, 0.25) is 0 Å². The van der Waals surface area contributed by atoms with Crippen molar-refractivity contribution in [1.29, 1.82) is 0 Å². The molecule has 0 radical (unpaired) electrons. The number of hydrogen-bond donors (Lipinski definition) is 0. The fourth-order valence-electron chi connectivity index (χ4n) is 0.412. The summed E-state index contributed by atoms with van der Waals surface area (Å²) in [4.78, 5) is 0. The van der Waals surface area contributed by atoms with E-state index in [0.29, 0.717) is 0 Å². The van der Waals surface area contributed by atoms with Crippen molar-refractivity contribution in [3.63, 3.8) is 0 Å². The first kappa shape index (κ1) is 15.3. The van der Waals surface area contributed by atoms with Crippen molar-refractivity contribution >= 4 is 20.2 Å². The summed E-state index contributed by atoms with van der Waals surface area (Å²) >= 11 is 0. The summed E-state index contributed by atoms with van der Waals surface area (Å²) in [5, 5.41) is 0. The van der Waals surface area contributed by atoms with Gasteiger partial charge in [-0.05, 0) is 6.42 Å². The molecule has 0 aromatic carbocycles. The zero-order valence-electron chi connectivity index (χ0n) is 6.39. The van der Waals surface area contributed by atoms with Gasteiger partial charge in [-0.2, -0.15) is 0 Å². The summed E-state index contributed by atoms with van der Waals surface area (Å²) < 4.78 is 59.2. The Hall–Kier alpha value is 0.820. The molecule has 9 heteroatoms. The molecule has 0 rings (SSSR count). The van der Waals surface area contributed by atoms with E-state index < -0.39 is 38.2 Å². The summed E-state index contributed by atoms with van der Waals surface area (Å²) in [6.45, 7) is 0. The molecular formula is C3H6NaO6S2-. The van der Waals surface area contributed by atoms with Gasteiger partial charge < -0.3 is 9.11 Å². The third-order valence-corrected chi connectivity index (χ3v) is 2.37. The van der Waals surface area contributed by atoms with Crippen LogP contribution < -0.4 is 29.6 Å². The van der Waals surface area contributed by atoms with Crippen LogP contribution in [0.1, 0.15) is 6.42 Å². The van der Waals surface area contributed by atoms with E-state index in [1.807, 2.05) is 0 Å². The van der Waals surface area contributed by atoms with Crippen molar-refractivity contribution in [2.75, 3.05) is 11.5 Å². The van der Waals surface area contributed by atoms with Crippen molar-refractivity contribution in [1.82, 2.24) is 0 Å². The fourth-order valence-corrected chi connectivity index (χ4v) is 1.59. The first-order chi connectivity index (χ1) is 4.71. The van der Waals surface area contributed by atoms with Gasteiger partial charge in [0.05, 0.1) is 20.2 Å². The number of rotatable bonds is 4. The molecule has 0 fully saturated rings. The van der Waals surface area contributed by atoms with Crippen LogP contribution in [0.5, 0.6) is 0 Å². The molecule has 0 aliphatic heterocycles. The Morgan fingerprint density at radius 1 is 0.833 bits per heavy atom. The summed E-state index contributed by atoms with van der Waals surface area (Å²) in [5.41, 5.74) is 0. The predicted octanol–water partition coefficient (Wildman–Crippen LogP) is -4.53. The van der Waals surface area contributed by atoms with Gasteiger partial charge in [0, 0.05) is 11.5 Å². The van der Waals surface area contributed by atoms with Gasteiger partial charge in [0.15, 0.2) is 0 Å². The molecule has 0 spiro atoms. The maximum absolute atomic E-state index is 9.86. The topological polar surface area (TPSA) is 114 Å². The fraction of sp³-hybridized carbons (Fsp3) is 1.00. The average Bonchev–Trinajstić information content (AvgIpc) is 1.55. The largest absolute Gasteiger partial charge is 1.00 e. The molecule has 6 nitrogen and oxygen atoms in total. The minimum atomic E-state index is -4.40. The second kappa shape index (κ2) is 5.53. The average molecular weight is 225 g/mol. The Kier molecular flexibility index (Phi) is 7.05. The van der Waals surface area contributed by atoms with E-state index in [2.05, 4.69) is 0 Å². The van der Waals surface area contributed by atoms with E-state index in [4.69, 9.17) is 0 Å². The molecule has 0 atom stereocenters. The van der Waals surface area contributed by atoms with E-state index in [0.717, 1.165) is 0 Å². The molecule has 0 bridgehead atoms. The van der Waals surface area contributed by atoms with Gasteiger partial charge >= 0.3 is 29.6 Å². The van der Waals surface area contributed by atoms with Crippen molar-refractivity contribution in [2.24, 2.45) is 0 Å². The third-order valence-electron chi connectivity index (χ3n) is 0.789. The predicted molar refractivity (Wildman–Crippen MR) is 33.7 cm³/mol. The Morgan fingerprint density at radius 3 is 1.25 bits per heavy atom. The molecule has 0 unspecified atom stereocenters. The monoisotopic (exact) mass is 225 g/mol. The van der Waals surface area contributed by atoms with Crippen molar-refractivity contribution in [3.05, 3.63) is 0 Å². The molecule has 12 heavy (non-hydrogen) atoms. The first-order valence-corrected chi connectivity index (χ1v) is 5.73. The molecule has 0 aliphatic rings. The second-order valence-electron chi connectivity index (χ2n) is 1.88. The zero-order chi connectivity index (χ0) is 9.12. The van der Waals surface area contributed by atoms with E-state index in [1.54, 1.807) is 0 Å². The van der Waals surface area contributed by atoms with Gasteiger partial charge in [0.25, 0.3) is 0 Å². The normalized spacial score (nSPS) is 12.2. The third kappa shape index (κ3) is 13.4. The maximum Gasteiger partial charge on any atom is 1.00 e. The minimum absolute atomic E-state index is 0. The van der Waals surface area contributed by atoms with Crippen LogP contribution in [0, 0.1) is 0 Å². The maximum atomic E-state index is 9.86. The van der Waals surface area contributed by atoms with Crippen LogP contribution in [-0.2, 0) is 20.2 Å².